The van der Waals surface area contributed by atoms with Gasteiger partial charge in [0.2, 0.25) is 0 Å². The lowest BCUT2D eigenvalue weighted by molar-refractivity contribution is -0.0963. The van der Waals surface area contributed by atoms with Gasteiger partial charge in [-0.25, -0.2) is 0 Å². The first-order valence-electron chi connectivity index (χ1n) is 9.59. The number of halogens is 1. The molecule has 0 saturated carbocycles. The van der Waals surface area contributed by atoms with Gasteiger partial charge >= 0.3 is 0 Å². The van der Waals surface area contributed by atoms with Crippen LogP contribution in [0.1, 0.15) is 17.3 Å². The van der Waals surface area contributed by atoms with Crippen LogP contribution >= 0.6 is 11.6 Å². The average molecular weight is 417 g/mol. The summed E-state index contributed by atoms with van der Waals surface area (Å²) in [5, 5.41) is 11.7. The normalized spacial score (nSPS) is 20.1. The highest BCUT2D eigenvalue weighted by Crippen LogP contribution is 2.37. The number of para-hydroxylation sites is 1. The van der Waals surface area contributed by atoms with Gasteiger partial charge in [-0.1, -0.05) is 35.9 Å². The van der Waals surface area contributed by atoms with Crippen molar-refractivity contribution < 1.29 is 19.3 Å². The van der Waals surface area contributed by atoms with Crippen molar-refractivity contribution in [2.24, 2.45) is 0 Å². The molecule has 1 aliphatic rings. The summed E-state index contributed by atoms with van der Waals surface area (Å²) >= 11 is 6.65. The van der Waals surface area contributed by atoms with E-state index in [2.05, 4.69) is 9.88 Å². The molecule has 0 radical (unpaired) electrons. The van der Waals surface area contributed by atoms with Crippen molar-refractivity contribution >= 4 is 22.5 Å². The lowest BCUT2D eigenvalue weighted by atomic mass is 9.97. The topological polar surface area (TPSA) is 67.0 Å². The number of hydrogen-bond donors (Lipinski definition) is 2. The van der Waals surface area contributed by atoms with E-state index < -0.39 is 0 Å². The first-order chi connectivity index (χ1) is 14.2. The maximum absolute atomic E-state index is 9.96. The Morgan fingerprint density at radius 2 is 1.97 bits per heavy atom. The summed E-state index contributed by atoms with van der Waals surface area (Å²) < 4.78 is 16.7. The molecule has 4 rings (SSSR count). The number of aliphatic hydroxyl groups excluding tert-OH is 1. The van der Waals surface area contributed by atoms with E-state index in [1.807, 2.05) is 42.5 Å². The fourth-order valence-electron chi connectivity index (χ4n) is 4.05. The molecular weight excluding hydrogens is 392 g/mol. The molecule has 0 amide bonds. The van der Waals surface area contributed by atoms with Crippen LogP contribution < -0.4 is 9.47 Å². The number of aliphatic hydroxyl groups is 1. The van der Waals surface area contributed by atoms with Crippen LogP contribution in [0.2, 0.25) is 5.02 Å². The summed E-state index contributed by atoms with van der Waals surface area (Å²) in [6, 6.07) is 13.7. The number of ether oxygens (including phenoxy) is 3. The number of hydrogen-bond acceptors (Lipinski definition) is 5. The second-order valence-electron chi connectivity index (χ2n) is 7.08. The number of rotatable bonds is 6. The number of nitrogens with one attached hydrogen (secondary N) is 1. The van der Waals surface area contributed by atoms with Crippen LogP contribution in [0.15, 0.2) is 42.5 Å². The Kier molecular flexibility index (Phi) is 5.96. The molecule has 2 N–H and O–H groups in total. The Bertz CT molecular complexity index is 990. The zero-order valence-corrected chi connectivity index (χ0v) is 17.3. The van der Waals surface area contributed by atoms with Crippen molar-refractivity contribution in [3.05, 3.63) is 58.7 Å². The lowest BCUT2D eigenvalue weighted by Crippen LogP contribution is -2.46. The van der Waals surface area contributed by atoms with Gasteiger partial charge in [-0.15, -0.1) is 0 Å². The van der Waals surface area contributed by atoms with Gasteiger partial charge in [0.25, 0.3) is 0 Å². The molecule has 1 aromatic heterocycles. The quantitative estimate of drug-likeness (QED) is 0.640. The van der Waals surface area contributed by atoms with Crippen LogP contribution in [0.3, 0.4) is 0 Å². The summed E-state index contributed by atoms with van der Waals surface area (Å²) in [5.41, 5.74) is 2.97. The summed E-state index contributed by atoms with van der Waals surface area (Å²) in [6.07, 6.45) is -0.343. The van der Waals surface area contributed by atoms with Crippen LogP contribution in [0.5, 0.6) is 11.5 Å². The number of methoxy groups -OCH3 is 2. The minimum atomic E-state index is -0.343. The zero-order chi connectivity index (χ0) is 20.4. The van der Waals surface area contributed by atoms with E-state index in [4.69, 9.17) is 25.8 Å². The van der Waals surface area contributed by atoms with Gasteiger partial charge in [-0.05, 0) is 23.8 Å². The summed E-state index contributed by atoms with van der Waals surface area (Å²) in [6.45, 7) is 1.82. The second kappa shape index (κ2) is 8.63. The van der Waals surface area contributed by atoms with E-state index in [0.717, 1.165) is 33.7 Å². The van der Waals surface area contributed by atoms with Crippen molar-refractivity contribution in [1.82, 2.24) is 9.88 Å². The van der Waals surface area contributed by atoms with Crippen LogP contribution in [0.4, 0.5) is 0 Å². The minimum absolute atomic E-state index is 0.0735. The number of benzene rings is 2. The maximum atomic E-state index is 9.96. The van der Waals surface area contributed by atoms with Crippen molar-refractivity contribution in [1.29, 1.82) is 0 Å². The van der Waals surface area contributed by atoms with Gasteiger partial charge in [0.15, 0.2) is 11.5 Å². The number of aromatic amines is 1. The molecule has 29 heavy (non-hydrogen) atoms. The summed E-state index contributed by atoms with van der Waals surface area (Å²) in [7, 11) is 3.23. The van der Waals surface area contributed by atoms with Crippen molar-refractivity contribution in [2.45, 2.75) is 18.7 Å². The van der Waals surface area contributed by atoms with Crippen LogP contribution in [-0.2, 0) is 11.3 Å². The molecule has 2 aromatic carbocycles. The smallest absolute Gasteiger partial charge is 0.161 e. The highest BCUT2D eigenvalue weighted by atomic mass is 35.5. The largest absolute Gasteiger partial charge is 0.493 e. The van der Waals surface area contributed by atoms with Gasteiger partial charge in [0.05, 0.1) is 38.5 Å². The van der Waals surface area contributed by atoms with Gasteiger partial charge in [-0.3, -0.25) is 4.90 Å². The van der Waals surface area contributed by atoms with Crippen LogP contribution in [0.25, 0.3) is 10.9 Å². The van der Waals surface area contributed by atoms with E-state index in [0.29, 0.717) is 24.7 Å². The molecule has 7 heteroatoms. The Labute approximate surface area is 174 Å². The molecule has 0 aliphatic carbocycles. The monoisotopic (exact) mass is 416 g/mol. The number of morpholine rings is 1. The van der Waals surface area contributed by atoms with Crippen molar-refractivity contribution in [3.8, 4) is 11.5 Å². The summed E-state index contributed by atoms with van der Waals surface area (Å²) in [5.74, 6) is 1.31. The zero-order valence-electron chi connectivity index (χ0n) is 16.5. The molecule has 154 valence electrons. The van der Waals surface area contributed by atoms with E-state index in [1.165, 1.54) is 0 Å². The first-order valence-corrected chi connectivity index (χ1v) is 9.97. The average Bonchev–Trinajstić information content (AvgIpc) is 3.08. The Morgan fingerprint density at radius 1 is 1.17 bits per heavy atom. The van der Waals surface area contributed by atoms with Gasteiger partial charge in [0.1, 0.15) is 6.10 Å². The maximum Gasteiger partial charge on any atom is 0.161 e. The number of nitrogens with zero attached hydrogens (tertiary/aromatic N) is 1. The fraction of sp³-hybridized carbons (Fsp3) is 0.364. The third-order valence-electron chi connectivity index (χ3n) is 5.46. The van der Waals surface area contributed by atoms with E-state index in [9.17, 15) is 5.11 Å². The van der Waals surface area contributed by atoms with Crippen LogP contribution in [0, 0.1) is 0 Å². The standard InChI is InChI=1S/C22H25ClN2O4/c1-27-18-8-7-14(11-19(18)28-2)22-20(13-26)29-10-9-25(22)12-17-21(23)15-5-3-4-6-16(15)24-17/h3-8,11,20,22,24,26H,9-10,12-13H2,1-2H3/t20-,22-/m1/s1. The third kappa shape index (κ3) is 3.81. The lowest BCUT2D eigenvalue weighted by Gasteiger charge is -2.41. The Hall–Kier alpha value is -2.25. The Balaban J connectivity index is 1.69. The molecule has 1 aliphatic heterocycles. The molecule has 2 atom stereocenters. The molecule has 1 saturated heterocycles. The number of aromatic nitrogens is 1. The predicted octanol–water partition coefficient (Wildman–Crippen LogP) is 3.77. The molecule has 2 heterocycles. The predicted molar refractivity (Wildman–Crippen MR) is 113 cm³/mol. The molecule has 1 fully saturated rings. The van der Waals surface area contributed by atoms with Crippen molar-refractivity contribution in [2.75, 3.05) is 34.0 Å². The Morgan fingerprint density at radius 3 is 2.69 bits per heavy atom. The fourth-order valence-corrected chi connectivity index (χ4v) is 4.33. The van der Waals surface area contributed by atoms with Gasteiger partial charge < -0.3 is 24.3 Å². The van der Waals surface area contributed by atoms with Gasteiger partial charge in [0, 0.05) is 29.7 Å². The molecule has 0 bridgehead atoms. The van der Waals surface area contributed by atoms with E-state index >= 15 is 0 Å². The van der Waals surface area contributed by atoms with Crippen LogP contribution in [-0.4, -0.2) is 55.1 Å². The SMILES string of the molecule is COc1ccc([C@@H]2[C@@H](CO)OCCN2Cc2[nH]c3ccccc3c2Cl)cc1OC. The molecule has 3 aromatic rings. The number of fused-ring (bicyclic) bond motifs is 1. The first kappa shape index (κ1) is 20.0. The molecular formula is C22H25ClN2O4. The number of H-pyrrole nitrogens is 1. The van der Waals surface area contributed by atoms with E-state index in [1.54, 1.807) is 14.2 Å². The van der Waals surface area contributed by atoms with Crippen molar-refractivity contribution in [3.63, 3.8) is 0 Å². The second-order valence-corrected chi connectivity index (χ2v) is 7.46. The summed E-state index contributed by atoms with van der Waals surface area (Å²) in [4.78, 5) is 5.72. The molecule has 6 nitrogen and oxygen atoms in total. The molecule has 0 unspecified atom stereocenters. The molecule has 0 spiro atoms. The highest BCUT2D eigenvalue weighted by molar-refractivity contribution is 6.36. The highest BCUT2D eigenvalue weighted by Gasteiger charge is 2.34. The third-order valence-corrected chi connectivity index (χ3v) is 5.89. The van der Waals surface area contributed by atoms with E-state index in [-0.39, 0.29) is 18.8 Å². The minimum Gasteiger partial charge on any atom is -0.493 e. The van der Waals surface area contributed by atoms with Gasteiger partial charge in [-0.2, -0.15) is 0 Å².